The summed E-state index contributed by atoms with van der Waals surface area (Å²) in [6, 6.07) is 25.8. The lowest BCUT2D eigenvalue weighted by atomic mass is 10.2. The van der Waals surface area contributed by atoms with E-state index in [0.29, 0.717) is 5.82 Å². The van der Waals surface area contributed by atoms with Gasteiger partial charge in [-0.15, -0.1) is 0 Å². The first-order valence-corrected chi connectivity index (χ1v) is 8.01. The predicted octanol–water partition coefficient (Wildman–Crippen LogP) is 4.13. The van der Waals surface area contributed by atoms with Crippen molar-refractivity contribution in [3.8, 4) is 23.7 Å². The van der Waals surface area contributed by atoms with Gasteiger partial charge in [0.25, 0.3) is 0 Å². The molecule has 0 saturated carbocycles. The van der Waals surface area contributed by atoms with E-state index in [1.54, 1.807) is 0 Å². The molecular formula is C23H14N2. The van der Waals surface area contributed by atoms with Gasteiger partial charge in [0.1, 0.15) is 5.69 Å². The molecule has 0 aliphatic heterocycles. The first-order chi connectivity index (χ1) is 12.4. The monoisotopic (exact) mass is 318 g/mol. The van der Waals surface area contributed by atoms with Gasteiger partial charge >= 0.3 is 0 Å². The average Bonchev–Trinajstić information content (AvgIpc) is 3.04. The third-order valence-corrected chi connectivity index (χ3v) is 3.74. The van der Waals surface area contributed by atoms with Crippen molar-refractivity contribution in [1.29, 1.82) is 0 Å². The number of nitrogens with zero attached hydrogens (tertiary/aromatic N) is 2. The Morgan fingerprint density at radius 2 is 1.20 bits per heavy atom. The van der Waals surface area contributed by atoms with Gasteiger partial charge in [-0.25, -0.2) is 4.98 Å². The lowest BCUT2D eigenvalue weighted by molar-refractivity contribution is 1.11. The third-order valence-electron chi connectivity index (χ3n) is 3.74. The zero-order valence-corrected chi connectivity index (χ0v) is 13.5. The second kappa shape index (κ2) is 6.79. The first kappa shape index (κ1) is 14.8. The maximum atomic E-state index is 4.64. The number of imidazole rings is 1. The summed E-state index contributed by atoms with van der Waals surface area (Å²) >= 11 is 0. The minimum absolute atomic E-state index is 0.691. The molecule has 0 fully saturated rings. The van der Waals surface area contributed by atoms with Gasteiger partial charge in [0.2, 0.25) is 0 Å². The Morgan fingerprint density at radius 3 is 1.88 bits per heavy atom. The van der Waals surface area contributed by atoms with Crippen LogP contribution < -0.4 is 0 Å². The minimum atomic E-state index is 0.691. The number of hydrogen-bond acceptors (Lipinski definition) is 1. The molecule has 0 atom stereocenters. The Bertz CT molecular complexity index is 1040. The fourth-order valence-electron chi connectivity index (χ4n) is 2.52. The van der Waals surface area contributed by atoms with Crippen LogP contribution in [0.4, 0.5) is 0 Å². The summed E-state index contributed by atoms with van der Waals surface area (Å²) in [5.74, 6) is 13.3. The largest absolute Gasteiger partial charge is 0.292 e. The molecule has 2 heteroatoms. The van der Waals surface area contributed by atoms with E-state index >= 15 is 0 Å². The van der Waals surface area contributed by atoms with Crippen LogP contribution in [0.1, 0.15) is 22.6 Å². The van der Waals surface area contributed by atoms with E-state index in [2.05, 4.69) is 28.7 Å². The lowest BCUT2D eigenvalue weighted by Crippen LogP contribution is -1.87. The fourth-order valence-corrected chi connectivity index (χ4v) is 2.52. The topological polar surface area (TPSA) is 17.3 Å². The van der Waals surface area contributed by atoms with Crippen molar-refractivity contribution < 1.29 is 0 Å². The highest BCUT2D eigenvalue weighted by atomic mass is 15.0. The molecule has 4 rings (SSSR count). The summed E-state index contributed by atoms with van der Waals surface area (Å²) < 4.78 is 1.98. The van der Waals surface area contributed by atoms with Crippen LogP contribution in [0.5, 0.6) is 0 Å². The van der Waals surface area contributed by atoms with Crippen molar-refractivity contribution in [2.24, 2.45) is 0 Å². The maximum absolute atomic E-state index is 4.64. The van der Waals surface area contributed by atoms with Gasteiger partial charge in [-0.3, -0.25) is 4.40 Å². The van der Waals surface area contributed by atoms with Crippen LogP contribution in [0.25, 0.3) is 5.52 Å². The normalized spacial score (nSPS) is 9.76. The maximum Gasteiger partial charge on any atom is 0.191 e. The molecule has 0 aliphatic rings. The number of aromatic nitrogens is 2. The smallest absolute Gasteiger partial charge is 0.191 e. The summed E-state index contributed by atoms with van der Waals surface area (Å²) in [5, 5.41) is 0. The minimum Gasteiger partial charge on any atom is -0.292 e. The molecule has 0 N–H and O–H groups in total. The van der Waals surface area contributed by atoms with E-state index in [4.69, 9.17) is 0 Å². The number of fused-ring (bicyclic) bond motifs is 1. The molecule has 4 aromatic rings. The first-order valence-electron chi connectivity index (χ1n) is 8.01. The predicted molar refractivity (Wildman–Crippen MR) is 100 cm³/mol. The van der Waals surface area contributed by atoms with Crippen molar-refractivity contribution in [2.45, 2.75) is 0 Å². The van der Waals surface area contributed by atoms with E-state index < -0.39 is 0 Å². The van der Waals surface area contributed by atoms with Gasteiger partial charge in [0, 0.05) is 17.3 Å². The van der Waals surface area contributed by atoms with Crippen molar-refractivity contribution in [2.75, 3.05) is 0 Å². The van der Waals surface area contributed by atoms with Crippen LogP contribution in [0.3, 0.4) is 0 Å². The Morgan fingerprint density at radius 1 is 0.600 bits per heavy atom. The van der Waals surface area contributed by atoms with Crippen LogP contribution in [0.15, 0.2) is 85.1 Å². The van der Waals surface area contributed by atoms with Gasteiger partial charge in [0.15, 0.2) is 5.82 Å². The average molecular weight is 318 g/mol. The van der Waals surface area contributed by atoms with Crippen LogP contribution in [-0.4, -0.2) is 9.38 Å². The van der Waals surface area contributed by atoms with Crippen LogP contribution in [0, 0.1) is 23.7 Å². The van der Waals surface area contributed by atoms with E-state index in [9.17, 15) is 0 Å². The number of rotatable bonds is 0. The number of benzene rings is 2. The Balaban J connectivity index is 1.78. The highest BCUT2D eigenvalue weighted by molar-refractivity contribution is 5.62. The Kier molecular flexibility index (Phi) is 4.02. The molecular weight excluding hydrogens is 304 g/mol. The van der Waals surface area contributed by atoms with Gasteiger partial charge < -0.3 is 0 Å². The quantitative estimate of drug-likeness (QED) is 0.446. The number of hydrogen-bond donors (Lipinski definition) is 0. The molecule has 0 saturated heterocycles. The SMILES string of the molecule is C(#Cc1nc(C#Cc2ccccc2)n2ccccc12)c1ccccc1. The molecule has 0 spiro atoms. The van der Waals surface area contributed by atoms with Crippen molar-refractivity contribution in [1.82, 2.24) is 9.38 Å². The van der Waals surface area contributed by atoms with Gasteiger partial charge in [-0.05, 0) is 48.2 Å². The van der Waals surface area contributed by atoms with E-state index in [-0.39, 0.29) is 0 Å². The Labute approximate surface area is 146 Å². The van der Waals surface area contributed by atoms with Crippen LogP contribution >= 0.6 is 0 Å². The van der Waals surface area contributed by atoms with Crippen LogP contribution in [0.2, 0.25) is 0 Å². The van der Waals surface area contributed by atoms with E-state index in [1.807, 2.05) is 89.5 Å². The number of pyridine rings is 1. The van der Waals surface area contributed by atoms with Crippen molar-refractivity contribution in [3.63, 3.8) is 0 Å². The molecule has 116 valence electrons. The molecule has 2 nitrogen and oxygen atoms in total. The molecule has 2 aromatic heterocycles. The molecule has 0 amide bonds. The van der Waals surface area contributed by atoms with Crippen LogP contribution in [-0.2, 0) is 0 Å². The third kappa shape index (κ3) is 3.29. The molecule has 0 aliphatic carbocycles. The second-order valence-corrected chi connectivity index (χ2v) is 5.47. The zero-order chi connectivity index (χ0) is 16.9. The summed E-state index contributed by atoms with van der Waals surface area (Å²) in [6.45, 7) is 0. The van der Waals surface area contributed by atoms with E-state index in [0.717, 1.165) is 22.3 Å². The summed E-state index contributed by atoms with van der Waals surface area (Å²) in [5.41, 5.74) is 3.63. The van der Waals surface area contributed by atoms with E-state index in [1.165, 1.54) is 0 Å². The Hall–Kier alpha value is -3.75. The zero-order valence-electron chi connectivity index (χ0n) is 13.5. The van der Waals surface area contributed by atoms with Crippen molar-refractivity contribution >= 4 is 5.52 Å². The highest BCUT2D eigenvalue weighted by Gasteiger charge is 2.06. The van der Waals surface area contributed by atoms with Crippen molar-refractivity contribution in [3.05, 3.63) is 108 Å². The van der Waals surface area contributed by atoms with Gasteiger partial charge in [-0.2, -0.15) is 0 Å². The summed E-state index contributed by atoms with van der Waals surface area (Å²) in [6.07, 6.45) is 1.96. The molecule has 2 aromatic carbocycles. The second-order valence-electron chi connectivity index (χ2n) is 5.47. The molecule has 0 radical (unpaired) electrons. The molecule has 2 heterocycles. The molecule has 0 bridgehead atoms. The molecule has 25 heavy (non-hydrogen) atoms. The fraction of sp³-hybridized carbons (Fsp3) is 0. The van der Waals surface area contributed by atoms with Gasteiger partial charge in [0.05, 0.1) is 5.52 Å². The summed E-state index contributed by atoms with van der Waals surface area (Å²) in [4.78, 5) is 4.64. The van der Waals surface area contributed by atoms with Gasteiger partial charge in [-0.1, -0.05) is 54.3 Å². The molecule has 0 unspecified atom stereocenters. The highest BCUT2D eigenvalue weighted by Crippen LogP contribution is 2.12. The summed E-state index contributed by atoms with van der Waals surface area (Å²) in [7, 11) is 0. The lowest BCUT2D eigenvalue weighted by Gasteiger charge is -1.93. The standard InChI is InChI=1S/C23H14N2/c1-3-9-19(10-4-1)14-16-21-22-13-7-8-18-25(22)23(24-21)17-15-20-11-5-2-6-12-20/h1-13,18H.